The number of nitrogens with zero attached hydrogens (tertiary/aromatic N) is 3. The monoisotopic (exact) mass is 290 g/mol. The van der Waals surface area contributed by atoms with Crippen LogP contribution in [0.4, 0.5) is 0 Å². The van der Waals surface area contributed by atoms with E-state index in [4.69, 9.17) is 5.10 Å². The van der Waals surface area contributed by atoms with Gasteiger partial charge >= 0.3 is 0 Å². The van der Waals surface area contributed by atoms with E-state index in [1.807, 2.05) is 0 Å². The molecule has 0 spiro atoms. The Labute approximate surface area is 128 Å². The predicted octanol–water partition coefficient (Wildman–Crippen LogP) is 2.96. The zero-order valence-corrected chi connectivity index (χ0v) is 13.6. The molecule has 0 amide bonds. The summed E-state index contributed by atoms with van der Waals surface area (Å²) in [4.78, 5) is 2.55. The molecule has 1 saturated carbocycles. The normalized spacial score (nSPS) is 24.9. The highest BCUT2D eigenvalue weighted by atomic mass is 15.3. The Kier molecular flexibility index (Phi) is 4.65. The Balaban J connectivity index is 1.60. The minimum absolute atomic E-state index is 0.211. The molecule has 3 rings (SSSR count). The van der Waals surface area contributed by atoms with E-state index in [1.165, 1.54) is 50.8 Å². The third-order valence-corrected chi connectivity index (χ3v) is 4.87. The van der Waals surface area contributed by atoms with Gasteiger partial charge in [-0.1, -0.05) is 19.3 Å². The molecule has 1 aliphatic heterocycles. The van der Waals surface area contributed by atoms with Crippen LogP contribution in [0, 0.1) is 0 Å². The van der Waals surface area contributed by atoms with Gasteiger partial charge in [0.25, 0.3) is 0 Å². The summed E-state index contributed by atoms with van der Waals surface area (Å²) in [6.07, 6.45) is 10.2. The molecule has 2 heterocycles. The summed E-state index contributed by atoms with van der Waals surface area (Å²) in [5, 5.41) is 8.49. The summed E-state index contributed by atoms with van der Waals surface area (Å²) >= 11 is 0. The van der Waals surface area contributed by atoms with Crippen LogP contribution in [0.25, 0.3) is 0 Å². The summed E-state index contributed by atoms with van der Waals surface area (Å²) in [6.45, 7) is 8.98. The van der Waals surface area contributed by atoms with Gasteiger partial charge in [0.05, 0.1) is 11.7 Å². The second-order valence-corrected chi connectivity index (χ2v) is 7.45. The number of nitrogens with one attached hydrogen (secondary N) is 1. The molecule has 2 aliphatic rings. The van der Waals surface area contributed by atoms with Crippen LogP contribution in [0.5, 0.6) is 0 Å². The lowest BCUT2D eigenvalue weighted by Gasteiger charge is -2.29. The summed E-state index contributed by atoms with van der Waals surface area (Å²) in [5.74, 6) is 0. The standard InChI is InChI=1S/C17H30N4/c1-17(2)14-20(11-6-10-18-17)13-15-9-12-21(19-15)16-7-4-3-5-8-16/h9,12,16,18H,3-8,10-11,13-14H2,1-2H3. The summed E-state index contributed by atoms with van der Waals surface area (Å²) in [6, 6.07) is 2.87. The van der Waals surface area contributed by atoms with Crippen LogP contribution in [0.15, 0.2) is 12.3 Å². The van der Waals surface area contributed by atoms with Crippen LogP contribution in [-0.2, 0) is 6.54 Å². The van der Waals surface area contributed by atoms with Gasteiger partial charge in [-0.05, 0) is 52.3 Å². The zero-order valence-electron chi connectivity index (χ0n) is 13.6. The smallest absolute Gasteiger partial charge is 0.0764 e. The third kappa shape index (κ3) is 4.07. The van der Waals surface area contributed by atoms with Crippen molar-refractivity contribution in [1.29, 1.82) is 0 Å². The Morgan fingerprint density at radius 3 is 2.86 bits per heavy atom. The Morgan fingerprint density at radius 2 is 2.05 bits per heavy atom. The van der Waals surface area contributed by atoms with Crippen molar-refractivity contribution in [3.8, 4) is 0 Å². The lowest BCUT2D eigenvalue weighted by molar-refractivity contribution is 0.220. The van der Waals surface area contributed by atoms with Crippen molar-refractivity contribution in [3.63, 3.8) is 0 Å². The minimum atomic E-state index is 0.211. The van der Waals surface area contributed by atoms with Crippen molar-refractivity contribution in [3.05, 3.63) is 18.0 Å². The number of hydrogen-bond donors (Lipinski definition) is 1. The Morgan fingerprint density at radius 1 is 1.24 bits per heavy atom. The van der Waals surface area contributed by atoms with E-state index in [0.717, 1.165) is 19.6 Å². The lowest BCUT2D eigenvalue weighted by Crippen LogP contribution is -2.46. The van der Waals surface area contributed by atoms with Gasteiger partial charge < -0.3 is 5.32 Å². The first-order valence-corrected chi connectivity index (χ1v) is 8.64. The maximum Gasteiger partial charge on any atom is 0.0764 e. The van der Waals surface area contributed by atoms with E-state index in [-0.39, 0.29) is 5.54 Å². The van der Waals surface area contributed by atoms with Gasteiger partial charge in [-0.3, -0.25) is 9.58 Å². The first-order valence-electron chi connectivity index (χ1n) is 8.64. The SMILES string of the molecule is CC1(C)CN(Cc2ccn(C3CCCCC3)n2)CCCN1. The quantitative estimate of drug-likeness (QED) is 0.929. The van der Waals surface area contributed by atoms with Crippen molar-refractivity contribution in [2.75, 3.05) is 19.6 Å². The highest BCUT2D eigenvalue weighted by Crippen LogP contribution is 2.27. The molecule has 4 heteroatoms. The molecule has 21 heavy (non-hydrogen) atoms. The molecule has 0 atom stereocenters. The topological polar surface area (TPSA) is 33.1 Å². The van der Waals surface area contributed by atoms with Crippen molar-refractivity contribution in [2.45, 2.75) is 70.5 Å². The molecule has 1 aromatic rings. The van der Waals surface area contributed by atoms with Crippen LogP contribution in [-0.4, -0.2) is 39.9 Å². The molecule has 0 bridgehead atoms. The molecule has 1 saturated heterocycles. The molecular weight excluding hydrogens is 260 g/mol. The number of aromatic nitrogens is 2. The van der Waals surface area contributed by atoms with E-state index in [2.05, 4.69) is 41.0 Å². The molecule has 118 valence electrons. The molecule has 1 N–H and O–H groups in total. The Bertz CT molecular complexity index is 445. The number of rotatable bonds is 3. The van der Waals surface area contributed by atoms with E-state index >= 15 is 0 Å². The fourth-order valence-electron chi connectivity index (χ4n) is 3.80. The Hall–Kier alpha value is -0.870. The molecule has 0 aromatic carbocycles. The van der Waals surface area contributed by atoms with Crippen LogP contribution in [0.1, 0.15) is 64.1 Å². The molecule has 4 nitrogen and oxygen atoms in total. The van der Waals surface area contributed by atoms with Crippen LogP contribution in [0.3, 0.4) is 0 Å². The van der Waals surface area contributed by atoms with Crippen molar-refractivity contribution in [2.24, 2.45) is 0 Å². The summed E-state index contributed by atoms with van der Waals surface area (Å²) < 4.78 is 2.23. The van der Waals surface area contributed by atoms with Gasteiger partial charge in [0.1, 0.15) is 0 Å². The maximum absolute atomic E-state index is 4.86. The van der Waals surface area contributed by atoms with Gasteiger partial charge in [-0.25, -0.2) is 0 Å². The van der Waals surface area contributed by atoms with Crippen LogP contribution in [0.2, 0.25) is 0 Å². The molecular formula is C17H30N4. The molecule has 1 aliphatic carbocycles. The van der Waals surface area contributed by atoms with E-state index in [1.54, 1.807) is 0 Å². The summed E-state index contributed by atoms with van der Waals surface area (Å²) in [7, 11) is 0. The van der Waals surface area contributed by atoms with Crippen molar-refractivity contribution in [1.82, 2.24) is 20.0 Å². The lowest BCUT2D eigenvalue weighted by atomic mass is 9.96. The van der Waals surface area contributed by atoms with E-state index < -0.39 is 0 Å². The first-order chi connectivity index (χ1) is 10.1. The second kappa shape index (κ2) is 6.49. The fourth-order valence-corrected chi connectivity index (χ4v) is 3.80. The van der Waals surface area contributed by atoms with Gasteiger partial charge in [-0.2, -0.15) is 5.10 Å². The van der Waals surface area contributed by atoms with Gasteiger partial charge in [0.15, 0.2) is 0 Å². The van der Waals surface area contributed by atoms with Crippen LogP contribution >= 0.6 is 0 Å². The average Bonchev–Trinajstić information content (AvgIpc) is 2.85. The van der Waals surface area contributed by atoms with Crippen LogP contribution < -0.4 is 5.32 Å². The molecule has 2 fully saturated rings. The van der Waals surface area contributed by atoms with Gasteiger partial charge in [0.2, 0.25) is 0 Å². The maximum atomic E-state index is 4.86. The second-order valence-electron chi connectivity index (χ2n) is 7.45. The largest absolute Gasteiger partial charge is 0.310 e. The number of hydrogen-bond acceptors (Lipinski definition) is 3. The van der Waals surface area contributed by atoms with Crippen molar-refractivity contribution >= 4 is 0 Å². The highest BCUT2D eigenvalue weighted by Gasteiger charge is 2.24. The van der Waals surface area contributed by atoms with Gasteiger partial charge in [-0.15, -0.1) is 0 Å². The third-order valence-electron chi connectivity index (χ3n) is 4.87. The molecule has 0 radical (unpaired) electrons. The van der Waals surface area contributed by atoms with E-state index in [9.17, 15) is 0 Å². The van der Waals surface area contributed by atoms with Crippen molar-refractivity contribution < 1.29 is 0 Å². The van der Waals surface area contributed by atoms with Gasteiger partial charge in [0, 0.05) is 24.8 Å². The first kappa shape index (κ1) is 15.0. The highest BCUT2D eigenvalue weighted by molar-refractivity contribution is 5.01. The summed E-state index contributed by atoms with van der Waals surface area (Å²) in [5.41, 5.74) is 1.45. The fraction of sp³-hybridized carbons (Fsp3) is 0.824. The predicted molar refractivity (Wildman–Crippen MR) is 86.3 cm³/mol. The molecule has 1 aromatic heterocycles. The minimum Gasteiger partial charge on any atom is -0.310 e. The molecule has 0 unspecified atom stereocenters. The zero-order chi connectivity index (χ0) is 14.7. The van der Waals surface area contributed by atoms with E-state index in [0.29, 0.717) is 6.04 Å². The average molecular weight is 290 g/mol.